The highest BCUT2D eigenvalue weighted by atomic mass is 32.2. The Bertz CT molecular complexity index is 524. The standard InChI is InChI=1S/C12H19N3O3S/c1-10(16)9-11-5-3-2-4-8-15(11)19(17,18)12-6-7-13-14-12/h6-7,11H,2-5,8-9H2,1H3,(H,13,14). The van der Waals surface area contributed by atoms with Crippen molar-refractivity contribution in [3.63, 3.8) is 0 Å². The molecular weight excluding hydrogens is 266 g/mol. The summed E-state index contributed by atoms with van der Waals surface area (Å²) in [6.07, 6.45) is 5.25. The van der Waals surface area contributed by atoms with Gasteiger partial charge in [-0.15, -0.1) is 0 Å². The largest absolute Gasteiger partial charge is 0.300 e. The number of nitrogens with one attached hydrogen (secondary N) is 1. The highest BCUT2D eigenvalue weighted by Crippen LogP contribution is 2.25. The topological polar surface area (TPSA) is 83.1 Å². The summed E-state index contributed by atoms with van der Waals surface area (Å²) in [7, 11) is -3.57. The van der Waals surface area contributed by atoms with Crippen molar-refractivity contribution in [1.82, 2.24) is 14.5 Å². The Morgan fingerprint density at radius 3 is 2.89 bits per heavy atom. The van der Waals surface area contributed by atoms with Crippen molar-refractivity contribution in [2.24, 2.45) is 0 Å². The average Bonchev–Trinajstić information content (AvgIpc) is 2.77. The first-order valence-corrected chi connectivity index (χ1v) is 7.96. The number of carbonyl (C=O) groups excluding carboxylic acids is 1. The molecule has 2 heterocycles. The maximum absolute atomic E-state index is 12.5. The van der Waals surface area contributed by atoms with Crippen molar-refractivity contribution in [2.75, 3.05) is 6.54 Å². The zero-order valence-corrected chi connectivity index (χ0v) is 11.8. The summed E-state index contributed by atoms with van der Waals surface area (Å²) in [4.78, 5) is 11.3. The molecule has 1 fully saturated rings. The minimum atomic E-state index is -3.57. The van der Waals surface area contributed by atoms with Crippen molar-refractivity contribution in [2.45, 2.75) is 50.1 Å². The number of aromatic nitrogens is 2. The van der Waals surface area contributed by atoms with Crippen LogP contribution in [-0.4, -0.2) is 41.3 Å². The number of hydrogen-bond donors (Lipinski definition) is 1. The third-order valence-corrected chi connectivity index (χ3v) is 5.29. The molecule has 6 nitrogen and oxygen atoms in total. The minimum Gasteiger partial charge on any atom is -0.300 e. The SMILES string of the molecule is CC(=O)CC1CCCCCN1S(=O)(=O)c1ccn[nH]1. The molecule has 0 saturated carbocycles. The van der Waals surface area contributed by atoms with Gasteiger partial charge in [0.25, 0.3) is 10.0 Å². The molecule has 0 spiro atoms. The van der Waals surface area contributed by atoms with Crippen LogP contribution in [0.5, 0.6) is 0 Å². The van der Waals surface area contributed by atoms with Gasteiger partial charge in [-0.3, -0.25) is 9.89 Å². The van der Waals surface area contributed by atoms with Gasteiger partial charge in [0.05, 0.1) is 6.20 Å². The second-order valence-electron chi connectivity index (χ2n) is 4.95. The average molecular weight is 285 g/mol. The van der Waals surface area contributed by atoms with Crippen LogP contribution in [-0.2, 0) is 14.8 Å². The predicted molar refractivity (Wildman–Crippen MR) is 70.0 cm³/mol. The number of carbonyl (C=O) groups is 1. The number of nitrogens with zero attached hydrogens (tertiary/aromatic N) is 2. The van der Waals surface area contributed by atoms with Crippen LogP contribution in [0.25, 0.3) is 0 Å². The lowest BCUT2D eigenvalue weighted by Gasteiger charge is -2.27. The Labute approximate surface area is 113 Å². The van der Waals surface area contributed by atoms with Crippen LogP contribution in [0.15, 0.2) is 17.3 Å². The molecule has 0 amide bonds. The lowest BCUT2D eigenvalue weighted by atomic mass is 10.1. The van der Waals surface area contributed by atoms with Crippen molar-refractivity contribution in [3.05, 3.63) is 12.3 Å². The van der Waals surface area contributed by atoms with E-state index in [1.54, 1.807) is 0 Å². The van der Waals surface area contributed by atoms with Crippen LogP contribution in [0.3, 0.4) is 0 Å². The molecule has 1 saturated heterocycles. The van der Waals surface area contributed by atoms with Gasteiger partial charge in [0, 0.05) is 19.0 Å². The molecule has 7 heteroatoms. The van der Waals surface area contributed by atoms with E-state index in [9.17, 15) is 13.2 Å². The summed E-state index contributed by atoms with van der Waals surface area (Å²) < 4.78 is 26.5. The number of H-pyrrole nitrogens is 1. The monoisotopic (exact) mass is 285 g/mol. The van der Waals surface area contributed by atoms with Crippen LogP contribution in [0, 0.1) is 0 Å². The molecule has 0 radical (unpaired) electrons. The van der Waals surface area contributed by atoms with E-state index in [1.165, 1.54) is 23.5 Å². The Morgan fingerprint density at radius 2 is 2.26 bits per heavy atom. The zero-order valence-electron chi connectivity index (χ0n) is 11.0. The third kappa shape index (κ3) is 3.22. The van der Waals surface area contributed by atoms with E-state index in [4.69, 9.17) is 0 Å². The molecule has 1 unspecified atom stereocenters. The van der Waals surface area contributed by atoms with Gasteiger partial charge in [-0.25, -0.2) is 8.42 Å². The van der Waals surface area contributed by atoms with Gasteiger partial charge >= 0.3 is 0 Å². The summed E-state index contributed by atoms with van der Waals surface area (Å²) in [5.41, 5.74) is 0. The second kappa shape index (κ2) is 5.83. The zero-order chi connectivity index (χ0) is 13.9. The molecule has 2 rings (SSSR count). The van der Waals surface area contributed by atoms with Gasteiger partial charge in [0.15, 0.2) is 5.03 Å². The van der Waals surface area contributed by atoms with Gasteiger partial charge in [-0.2, -0.15) is 9.40 Å². The molecule has 1 N–H and O–H groups in total. The van der Waals surface area contributed by atoms with Crippen molar-refractivity contribution in [1.29, 1.82) is 0 Å². The van der Waals surface area contributed by atoms with Gasteiger partial charge in [-0.1, -0.05) is 12.8 Å². The second-order valence-corrected chi connectivity index (χ2v) is 6.80. The van der Waals surface area contributed by atoms with Crippen LogP contribution in [0.4, 0.5) is 0 Å². The first kappa shape index (κ1) is 14.2. The van der Waals surface area contributed by atoms with Crippen molar-refractivity contribution < 1.29 is 13.2 Å². The molecule has 0 bridgehead atoms. The van der Waals surface area contributed by atoms with Gasteiger partial charge < -0.3 is 0 Å². The molecule has 1 aliphatic heterocycles. The van der Waals surface area contributed by atoms with Gasteiger partial charge in [-0.05, 0) is 25.8 Å². The lowest BCUT2D eigenvalue weighted by molar-refractivity contribution is -0.117. The molecule has 1 aromatic heterocycles. The Morgan fingerprint density at radius 1 is 1.47 bits per heavy atom. The maximum atomic E-state index is 12.5. The number of rotatable bonds is 4. The molecule has 106 valence electrons. The predicted octanol–water partition coefficient (Wildman–Crippen LogP) is 1.32. The molecule has 0 aromatic carbocycles. The fourth-order valence-electron chi connectivity index (χ4n) is 2.52. The highest BCUT2D eigenvalue weighted by Gasteiger charge is 2.33. The third-order valence-electron chi connectivity index (χ3n) is 3.41. The minimum absolute atomic E-state index is 0.0247. The smallest absolute Gasteiger partial charge is 0.260 e. The van der Waals surface area contributed by atoms with Crippen molar-refractivity contribution in [3.8, 4) is 0 Å². The van der Waals surface area contributed by atoms with Gasteiger partial charge in [0.2, 0.25) is 0 Å². The summed E-state index contributed by atoms with van der Waals surface area (Å²) in [6, 6.07) is 1.22. The van der Waals surface area contributed by atoms with E-state index < -0.39 is 10.0 Å². The number of hydrogen-bond acceptors (Lipinski definition) is 4. The van der Waals surface area contributed by atoms with Crippen LogP contribution in [0.2, 0.25) is 0 Å². The first-order chi connectivity index (χ1) is 9.01. The van der Waals surface area contributed by atoms with Crippen LogP contribution < -0.4 is 0 Å². The fraction of sp³-hybridized carbons (Fsp3) is 0.667. The van der Waals surface area contributed by atoms with E-state index in [0.29, 0.717) is 6.54 Å². The van der Waals surface area contributed by atoms with Crippen LogP contribution in [0.1, 0.15) is 39.0 Å². The van der Waals surface area contributed by atoms with E-state index >= 15 is 0 Å². The molecule has 1 aromatic rings. The van der Waals surface area contributed by atoms with E-state index in [-0.39, 0.29) is 23.3 Å². The van der Waals surface area contributed by atoms with Crippen LogP contribution >= 0.6 is 0 Å². The Kier molecular flexibility index (Phi) is 4.36. The number of aromatic amines is 1. The Balaban J connectivity index is 2.29. The number of sulfonamides is 1. The van der Waals surface area contributed by atoms with E-state index in [1.807, 2.05) is 0 Å². The molecule has 19 heavy (non-hydrogen) atoms. The lowest BCUT2D eigenvalue weighted by Crippen LogP contribution is -2.41. The summed E-state index contributed by atoms with van der Waals surface area (Å²) in [5.74, 6) is 0.0247. The van der Waals surface area contributed by atoms with Crippen molar-refractivity contribution >= 4 is 15.8 Å². The Hall–Kier alpha value is -1.21. The number of ketones is 1. The van der Waals surface area contributed by atoms with Gasteiger partial charge in [0.1, 0.15) is 5.78 Å². The quantitative estimate of drug-likeness (QED) is 0.904. The molecule has 1 atom stereocenters. The number of Topliss-reactive ketones (excluding diaryl/α,β-unsaturated/α-hetero) is 1. The summed E-state index contributed by atoms with van der Waals surface area (Å²) in [6.45, 7) is 1.98. The summed E-state index contributed by atoms with van der Waals surface area (Å²) in [5, 5.41) is 6.30. The first-order valence-electron chi connectivity index (χ1n) is 6.52. The normalized spacial score (nSPS) is 22.1. The molecule has 1 aliphatic rings. The fourth-order valence-corrected chi connectivity index (χ4v) is 4.11. The highest BCUT2D eigenvalue weighted by molar-refractivity contribution is 7.89. The maximum Gasteiger partial charge on any atom is 0.260 e. The van der Waals surface area contributed by atoms with E-state index in [2.05, 4.69) is 10.2 Å². The van der Waals surface area contributed by atoms with E-state index in [0.717, 1.165) is 25.7 Å². The summed E-state index contributed by atoms with van der Waals surface area (Å²) >= 11 is 0. The molecular formula is C12H19N3O3S. The molecule has 0 aliphatic carbocycles.